The number of aromatic nitrogens is 4. The number of nitrogens with zero attached hydrogens (tertiary/aromatic N) is 2. The van der Waals surface area contributed by atoms with Gasteiger partial charge in [-0.2, -0.15) is 0 Å². The van der Waals surface area contributed by atoms with E-state index in [9.17, 15) is 9.59 Å². The number of benzene rings is 3. The Bertz CT molecular complexity index is 1710. The lowest BCUT2D eigenvalue weighted by Gasteiger charge is -2.00. The van der Waals surface area contributed by atoms with Gasteiger partial charge in [0.2, 0.25) is 0 Å². The summed E-state index contributed by atoms with van der Waals surface area (Å²) in [6.07, 6.45) is 3.48. The van der Waals surface area contributed by atoms with Gasteiger partial charge in [-0.25, -0.2) is 9.97 Å². The van der Waals surface area contributed by atoms with Gasteiger partial charge in [0.1, 0.15) is 11.6 Å². The fourth-order valence-electron chi connectivity index (χ4n) is 3.23. The average Bonchev–Trinajstić information content (AvgIpc) is 2.79. The number of hydrogen-bond acceptors (Lipinski definition) is 4. The molecule has 0 unspecified atom stereocenters. The van der Waals surface area contributed by atoms with Gasteiger partial charge in [0, 0.05) is 10.0 Å². The smallest absolute Gasteiger partial charge is 0.259 e. The van der Waals surface area contributed by atoms with Crippen LogP contribution in [-0.2, 0) is 0 Å². The molecule has 10 heteroatoms. The van der Waals surface area contributed by atoms with Gasteiger partial charge in [-0.15, -0.1) is 0 Å². The van der Waals surface area contributed by atoms with Gasteiger partial charge in [-0.05, 0) is 67.1 Å². The van der Waals surface area contributed by atoms with E-state index in [1.165, 1.54) is 0 Å². The maximum atomic E-state index is 12.0. The van der Waals surface area contributed by atoms with E-state index >= 15 is 0 Å². The number of rotatable bonds is 2. The first kappa shape index (κ1) is 24.9. The van der Waals surface area contributed by atoms with Crippen molar-refractivity contribution in [3.8, 4) is 0 Å². The summed E-state index contributed by atoms with van der Waals surface area (Å²) in [4.78, 5) is 37.2. The number of nitrogens with one attached hydrogen (secondary N) is 2. The number of fused-ring (bicyclic) bond motifs is 2. The van der Waals surface area contributed by atoms with Crippen molar-refractivity contribution in [1.29, 1.82) is 0 Å². The summed E-state index contributed by atoms with van der Waals surface area (Å²) in [5, 5.41) is 3.14. The SMILES string of the molecule is Cc1nc2cc(Cl)ccc2c(=O)[nH]1.O=c1[nH]c(/C=C/c2ccc(Cl)c(Cl)c2)nc2cc(Cl)ccc12. The van der Waals surface area contributed by atoms with E-state index in [-0.39, 0.29) is 11.1 Å². The number of halogens is 4. The predicted molar refractivity (Wildman–Crippen MR) is 145 cm³/mol. The molecule has 176 valence electrons. The summed E-state index contributed by atoms with van der Waals surface area (Å²) in [7, 11) is 0. The number of aromatic amines is 2. The molecule has 0 fully saturated rings. The molecule has 5 rings (SSSR count). The van der Waals surface area contributed by atoms with Crippen molar-refractivity contribution in [2.75, 3.05) is 0 Å². The van der Waals surface area contributed by atoms with Crippen LogP contribution in [0.5, 0.6) is 0 Å². The quantitative estimate of drug-likeness (QED) is 0.251. The third-order valence-electron chi connectivity index (χ3n) is 4.85. The summed E-state index contributed by atoms with van der Waals surface area (Å²) < 4.78 is 0. The van der Waals surface area contributed by atoms with Gasteiger partial charge in [-0.1, -0.05) is 58.5 Å². The molecular weight excluding hydrogens is 530 g/mol. The lowest BCUT2D eigenvalue weighted by molar-refractivity contribution is 1.06. The van der Waals surface area contributed by atoms with E-state index in [0.29, 0.717) is 53.5 Å². The fourth-order valence-corrected chi connectivity index (χ4v) is 3.87. The second-order valence-electron chi connectivity index (χ2n) is 7.43. The van der Waals surface area contributed by atoms with Crippen LogP contribution in [0.2, 0.25) is 20.1 Å². The Kier molecular flexibility index (Phi) is 7.57. The van der Waals surface area contributed by atoms with Crippen LogP contribution in [-0.4, -0.2) is 19.9 Å². The molecule has 0 radical (unpaired) electrons. The van der Waals surface area contributed by atoms with Crippen LogP contribution in [0, 0.1) is 6.92 Å². The van der Waals surface area contributed by atoms with E-state index in [1.807, 2.05) is 6.07 Å². The molecule has 35 heavy (non-hydrogen) atoms. The molecule has 3 aromatic carbocycles. The van der Waals surface area contributed by atoms with E-state index in [1.54, 1.807) is 67.6 Å². The molecule has 0 aliphatic carbocycles. The van der Waals surface area contributed by atoms with Crippen LogP contribution in [0.4, 0.5) is 0 Å². The Balaban J connectivity index is 0.000000189. The van der Waals surface area contributed by atoms with E-state index < -0.39 is 0 Å². The first-order chi connectivity index (χ1) is 16.7. The third-order valence-corrected chi connectivity index (χ3v) is 6.06. The summed E-state index contributed by atoms with van der Waals surface area (Å²) in [6, 6.07) is 15.2. The molecule has 2 aromatic heterocycles. The number of H-pyrrole nitrogens is 2. The standard InChI is InChI=1S/C16H9Cl3N2O.C9H7ClN2O/c17-10-3-4-11-14(8-10)20-15(21-16(11)22)6-2-9-1-5-12(18)13(19)7-9;1-5-11-8-4-6(10)2-3-7(8)9(13)12-5/h1-8H,(H,20,21,22);2-4H,1H3,(H,11,12,13)/b6-2+;. The Morgan fingerprint density at radius 3 is 1.91 bits per heavy atom. The largest absolute Gasteiger partial charge is 0.310 e. The molecule has 0 saturated carbocycles. The molecule has 6 nitrogen and oxygen atoms in total. The van der Waals surface area contributed by atoms with Crippen LogP contribution in [0.25, 0.3) is 34.0 Å². The van der Waals surface area contributed by atoms with Gasteiger partial charge in [-0.3, -0.25) is 9.59 Å². The van der Waals surface area contributed by atoms with Gasteiger partial charge < -0.3 is 9.97 Å². The first-order valence-corrected chi connectivity index (χ1v) is 11.7. The maximum Gasteiger partial charge on any atom is 0.259 e. The molecule has 0 bridgehead atoms. The Labute approximate surface area is 219 Å². The number of aryl methyl sites for hydroxylation is 1. The fraction of sp³-hybridized carbons (Fsp3) is 0.0400. The van der Waals surface area contributed by atoms with Crippen molar-refractivity contribution in [2.24, 2.45) is 0 Å². The van der Waals surface area contributed by atoms with E-state index in [2.05, 4.69) is 19.9 Å². The van der Waals surface area contributed by atoms with E-state index in [4.69, 9.17) is 46.4 Å². The van der Waals surface area contributed by atoms with Crippen molar-refractivity contribution >= 4 is 80.4 Å². The third kappa shape index (κ3) is 6.10. The zero-order chi connectivity index (χ0) is 25.1. The molecule has 2 heterocycles. The minimum Gasteiger partial charge on any atom is -0.310 e. The molecule has 2 N–H and O–H groups in total. The van der Waals surface area contributed by atoms with Gasteiger partial charge in [0.25, 0.3) is 11.1 Å². The van der Waals surface area contributed by atoms with Crippen LogP contribution in [0.15, 0.2) is 64.2 Å². The zero-order valence-electron chi connectivity index (χ0n) is 18.1. The predicted octanol–water partition coefficient (Wildman–Crippen LogP) is 6.94. The molecule has 5 aromatic rings. The molecule has 0 saturated heterocycles. The van der Waals surface area contributed by atoms with Crippen LogP contribution in [0.1, 0.15) is 17.2 Å². The highest BCUT2D eigenvalue weighted by molar-refractivity contribution is 6.42. The lowest BCUT2D eigenvalue weighted by Crippen LogP contribution is -2.09. The summed E-state index contributed by atoms with van der Waals surface area (Å²) >= 11 is 23.5. The van der Waals surface area contributed by atoms with E-state index in [0.717, 1.165) is 5.56 Å². The van der Waals surface area contributed by atoms with Crippen LogP contribution >= 0.6 is 46.4 Å². The van der Waals surface area contributed by atoms with Gasteiger partial charge in [0.15, 0.2) is 0 Å². The Hall–Kier alpha value is -3.16. The van der Waals surface area contributed by atoms with Crippen molar-refractivity contribution in [2.45, 2.75) is 6.92 Å². The normalized spacial score (nSPS) is 11.1. The maximum absolute atomic E-state index is 12.0. The van der Waals surface area contributed by atoms with Crippen molar-refractivity contribution in [3.05, 3.63) is 113 Å². The zero-order valence-corrected chi connectivity index (χ0v) is 21.1. The Morgan fingerprint density at radius 2 is 1.29 bits per heavy atom. The van der Waals surface area contributed by atoms with Gasteiger partial charge in [0.05, 0.1) is 31.9 Å². The van der Waals surface area contributed by atoms with Crippen molar-refractivity contribution in [3.63, 3.8) is 0 Å². The van der Waals surface area contributed by atoms with Gasteiger partial charge >= 0.3 is 0 Å². The molecule has 0 spiro atoms. The van der Waals surface area contributed by atoms with Crippen LogP contribution in [0.3, 0.4) is 0 Å². The molecule has 0 atom stereocenters. The minimum atomic E-state index is -0.213. The second kappa shape index (κ2) is 10.6. The average molecular weight is 546 g/mol. The highest BCUT2D eigenvalue weighted by Gasteiger charge is 2.03. The van der Waals surface area contributed by atoms with Crippen molar-refractivity contribution < 1.29 is 0 Å². The first-order valence-electron chi connectivity index (χ1n) is 10.2. The minimum absolute atomic E-state index is 0.126. The summed E-state index contributed by atoms with van der Waals surface area (Å²) in [5.74, 6) is 1.03. The highest BCUT2D eigenvalue weighted by atomic mass is 35.5. The summed E-state index contributed by atoms with van der Waals surface area (Å²) in [6.45, 7) is 1.74. The topological polar surface area (TPSA) is 91.5 Å². The highest BCUT2D eigenvalue weighted by Crippen LogP contribution is 2.23. The molecule has 0 amide bonds. The molecule has 0 aliphatic rings. The van der Waals surface area contributed by atoms with Crippen molar-refractivity contribution in [1.82, 2.24) is 19.9 Å². The Morgan fingerprint density at radius 1 is 0.686 bits per heavy atom. The molecular formula is C25H16Cl4N4O2. The summed E-state index contributed by atoms with van der Waals surface area (Å²) in [5.41, 5.74) is 1.69. The second-order valence-corrected chi connectivity index (χ2v) is 9.12. The lowest BCUT2D eigenvalue weighted by atomic mass is 10.2. The monoisotopic (exact) mass is 544 g/mol. The van der Waals surface area contributed by atoms with Crippen LogP contribution < -0.4 is 11.1 Å². The molecule has 0 aliphatic heterocycles. The number of hydrogen-bond donors (Lipinski definition) is 2.